The van der Waals surface area contributed by atoms with Crippen molar-refractivity contribution in [3.8, 4) is 5.69 Å². The van der Waals surface area contributed by atoms with Crippen LogP contribution in [0, 0.1) is 6.92 Å². The molecule has 1 aliphatic heterocycles. The summed E-state index contributed by atoms with van der Waals surface area (Å²) >= 11 is 1.32. The number of aromatic nitrogens is 4. The van der Waals surface area contributed by atoms with Gasteiger partial charge in [0.2, 0.25) is 5.91 Å². The summed E-state index contributed by atoms with van der Waals surface area (Å²) in [6.07, 6.45) is -3.31. The van der Waals surface area contributed by atoms with Gasteiger partial charge in [-0.1, -0.05) is 36.0 Å². The molecule has 0 saturated heterocycles. The van der Waals surface area contributed by atoms with Crippen molar-refractivity contribution in [2.45, 2.75) is 30.7 Å². The second-order valence-corrected chi connectivity index (χ2v) is 8.95. The predicted octanol–water partition coefficient (Wildman–Crippen LogP) is 4.59. The van der Waals surface area contributed by atoms with E-state index in [1.54, 1.807) is 4.68 Å². The Labute approximate surface area is 195 Å². The number of benzene rings is 2. The lowest BCUT2D eigenvalue weighted by molar-refractivity contribution is -0.137. The van der Waals surface area contributed by atoms with Crippen LogP contribution in [0.25, 0.3) is 16.7 Å². The third-order valence-electron chi connectivity index (χ3n) is 5.54. The van der Waals surface area contributed by atoms with Crippen LogP contribution in [-0.2, 0) is 11.0 Å². The summed E-state index contributed by atoms with van der Waals surface area (Å²) in [5.74, 6) is -0.210. The average Bonchev–Trinajstić information content (AvgIpc) is 3.38. The minimum absolute atomic E-state index is 0.161. The van der Waals surface area contributed by atoms with Crippen molar-refractivity contribution >= 4 is 34.4 Å². The molecule has 11 heteroatoms. The van der Waals surface area contributed by atoms with Crippen LogP contribution in [0.15, 0.2) is 64.7 Å². The number of rotatable bonds is 4. The minimum atomic E-state index is -4.59. The lowest BCUT2D eigenvalue weighted by atomic mass is 10.1. The molecule has 5 rings (SSSR count). The van der Waals surface area contributed by atoms with Crippen LogP contribution in [0.1, 0.15) is 23.6 Å². The maximum Gasteiger partial charge on any atom is 0.418 e. The van der Waals surface area contributed by atoms with Crippen molar-refractivity contribution in [2.75, 3.05) is 11.1 Å². The van der Waals surface area contributed by atoms with Crippen molar-refractivity contribution in [1.29, 1.82) is 0 Å². The topological polar surface area (TPSA) is 81.8 Å². The first-order valence-corrected chi connectivity index (χ1v) is 11.4. The third-order valence-corrected chi connectivity index (χ3v) is 6.64. The number of halogens is 3. The SMILES string of the molecule is Cc1cccc(-n2ncc3c(=O)n4c(nc32)SCC4CC(=O)Nc2ccccc2C(F)(F)F)c1. The van der Waals surface area contributed by atoms with Gasteiger partial charge >= 0.3 is 6.18 Å². The number of nitrogens with zero attached hydrogens (tertiary/aromatic N) is 4. The van der Waals surface area contributed by atoms with Crippen molar-refractivity contribution < 1.29 is 18.0 Å². The number of amides is 1. The maximum absolute atomic E-state index is 13.2. The summed E-state index contributed by atoms with van der Waals surface area (Å²) in [5, 5.41) is 7.42. The van der Waals surface area contributed by atoms with E-state index in [0.29, 0.717) is 21.9 Å². The smallest absolute Gasteiger partial charge is 0.325 e. The molecule has 3 heterocycles. The first-order valence-electron chi connectivity index (χ1n) is 10.4. The van der Waals surface area contributed by atoms with E-state index in [4.69, 9.17) is 0 Å². The Morgan fingerprint density at radius 3 is 2.76 bits per heavy atom. The molecule has 0 spiro atoms. The standard InChI is InChI=1S/C23H18F3N5O2S/c1-13-5-4-6-14(9-13)31-20-16(11-27-31)21(33)30-15(12-34-22(30)29-20)10-19(32)28-18-8-3-2-7-17(18)23(24,25)26/h2-9,11,15H,10,12H2,1H3,(H,28,32). The highest BCUT2D eigenvalue weighted by Crippen LogP contribution is 2.36. The molecule has 174 valence electrons. The monoisotopic (exact) mass is 485 g/mol. The number of hydrogen-bond acceptors (Lipinski definition) is 5. The van der Waals surface area contributed by atoms with E-state index < -0.39 is 23.7 Å². The number of hydrogen-bond donors (Lipinski definition) is 1. The molecule has 1 unspecified atom stereocenters. The Morgan fingerprint density at radius 2 is 2.00 bits per heavy atom. The molecule has 0 radical (unpaired) electrons. The van der Waals surface area contributed by atoms with Crippen LogP contribution in [-0.4, -0.2) is 31.0 Å². The lowest BCUT2D eigenvalue weighted by Gasteiger charge is -2.16. The van der Waals surface area contributed by atoms with Crippen LogP contribution in [0.5, 0.6) is 0 Å². The number of fused-ring (bicyclic) bond motifs is 2. The maximum atomic E-state index is 13.2. The van der Waals surface area contributed by atoms with Crippen LogP contribution in [0.3, 0.4) is 0 Å². The van der Waals surface area contributed by atoms with E-state index in [1.807, 2.05) is 31.2 Å². The first-order chi connectivity index (χ1) is 16.2. The molecule has 2 aromatic carbocycles. The first kappa shape index (κ1) is 22.2. The number of aryl methyl sites for hydroxylation is 1. The number of carbonyl (C=O) groups excluding carboxylic acids is 1. The molecular weight excluding hydrogens is 467 g/mol. The second kappa shape index (κ2) is 8.32. The zero-order valence-corrected chi connectivity index (χ0v) is 18.7. The van der Waals surface area contributed by atoms with Gasteiger partial charge in [0.25, 0.3) is 5.56 Å². The molecule has 7 nitrogen and oxygen atoms in total. The van der Waals surface area contributed by atoms with Crippen molar-refractivity contribution in [2.24, 2.45) is 0 Å². The number of anilines is 1. The van der Waals surface area contributed by atoms with Gasteiger partial charge in [-0.25, -0.2) is 9.67 Å². The lowest BCUT2D eigenvalue weighted by Crippen LogP contribution is -2.28. The van der Waals surface area contributed by atoms with Gasteiger partial charge in [0.05, 0.1) is 29.2 Å². The van der Waals surface area contributed by atoms with Gasteiger partial charge in [-0.15, -0.1) is 0 Å². The van der Waals surface area contributed by atoms with Gasteiger partial charge in [0.15, 0.2) is 10.8 Å². The zero-order chi connectivity index (χ0) is 24.0. The van der Waals surface area contributed by atoms with E-state index in [-0.39, 0.29) is 17.7 Å². The fraction of sp³-hybridized carbons (Fsp3) is 0.217. The van der Waals surface area contributed by atoms with Gasteiger partial charge in [0, 0.05) is 12.2 Å². The fourth-order valence-corrected chi connectivity index (χ4v) is 5.11. The Hall–Kier alpha value is -3.60. The van der Waals surface area contributed by atoms with Gasteiger partial charge in [0.1, 0.15) is 5.39 Å². The van der Waals surface area contributed by atoms with E-state index in [9.17, 15) is 22.8 Å². The number of alkyl halides is 3. The van der Waals surface area contributed by atoms with E-state index in [1.165, 1.54) is 40.7 Å². The average molecular weight is 485 g/mol. The Bertz CT molecular complexity index is 1480. The highest BCUT2D eigenvalue weighted by atomic mass is 32.2. The van der Waals surface area contributed by atoms with Crippen LogP contribution >= 0.6 is 11.8 Å². The molecule has 2 aromatic heterocycles. The van der Waals surface area contributed by atoms with Gasteiger partial charge in [-0.05, 0) is 36.8 Å². The summed E-state index contributed by atoms with van der Waals surface area (Å²) in [7, 11) is 0. The highest BCUT2D eigenvalue weighted by molar-refractivity contribution is 7.99. The van der Waals surface area contributed by atoms with Crippen molar-refractivity contribution in [3.63, 3.8) is 0 Å². The van der Waals surface area contributed by atoms with E-state index in [2.05, 4.69) is 15.4 Å². The van der Waals surface area contributed by atoms with Gasteiger partial charge in [-0.3, -0.25) is 14.2 Å². The molecule has 0 fully saturated rings. The molecule has 1 N–H and O–H groups in total. The van der Waals surface area contributed by atoms with E-state index in [0.717, 1.165) is 17.3 Å². The Balaban J connectivity index is 1.43. The van der Waals surface area contributed by atoms with Crippen LogP contribution < -0.4 is 10.9 Å². The number of carbonyl (C=O) groups is 1. The van der Waals surface area contributed by atoms with Crippen LogP contribution in [0.2, 0.25) is 0 Å². The second-order valence-electron chi connectivity index (χ2n) is 7.96. The molecule has 4 aromatic rings. The minimum Gasteiger partial charge on any atom is -0.325 e. The third kappa shape index (κ3) is 3.96. The molecular formula is C23H18F3N5O2S. The number of thioether (sulfide) groups is 1. The van der Waals surface area contributed by atoms with Crippen molar-refractivity contribution in [3.05, 3.63) is 76.2 Å². The summed E-state index contributed by atoms with van der Waals surface area (Å²) in [6, 6.07) is 11.9. The Kier molecular flexibility index (Phi) is 5.43. The van der Waals surface area contributed by atoms with Crippen molar-refractivity contribution in [1.82, 2.24) is 19.3 Å². The Morgan fingerprint density at radius 1 is 1.21 bits per heavy atom. The largest absolute Gasteiger partial charge is 0.418 e. The number of nitrogens with one attached hydrogen (secondary N) is 1. The quantitative estimate of drug-likeness (QED) is 0.428. The van der Waals surface area contributed by atoms with Crippen LogP contribution in [0.4, 0.5) is 18.9 Å². The highest BCUT2D eigenvalue weighted by Gasteiger charge is 2.34. The predicted molar refractivity (Wildman–Crippen MR) is 122 cm³/mol. The molecule has 0 bridgehead atoms. The molecule has 0 saturated carbocycles. The summed E-state index contributed by atoms with van der Waals surface area (Å²) in [6.45, 7) is 1.95. The number of para-hydroxylation sites is 1. The molecule has 1 amide bonds. The normalized spacial score (nSPS) is 15.5. The van der Waals surface area contributed by atoms with E-state index >= 15 is 0 Å². The molecule has 34 heavy (non-hydrogen) atoms. The molecule has 0 aliphatic carbocycles. The fourth-order valence-electron chi connectivity index (χ4n) is 3.98. The zero-order valence-electron chi connectivity index (χ0n) is 17.8. The van der Waals surface area contributed by atoms with Gasteiger partial charge in [-0.2, -0.15) is 18.3 Å². The summed E-state index contributed by atoms with van der Waals surface area (Å²) in [4.78, 5) is 30.5. The van der Waals surface area contributed by atoms with Gasteiger partial charge < -0.3 is 5.32 Å². The summed E-state index contributed by atoms with van der Waals surface area (Å²) < 4.78 is 42.7. The molecule has 1 atom stereocenters. The molecule has 1 aliphatic rings. The summed E-state index contributed by atoms with van der Waals surface area (Å²) in [5.41, 5.74) is 0.650.